The van der Waals surface area contributed by atoms with Gasteiger partial charge in [-0.3, -0.25) is 9.59 Å². The Kier molecular flexibility index (Phi) is 8.32. The zero-order valence-electron chi connectivity index (χ0n) is 18.1. The number of likely N-dealkylation sites (N-methyl/N-ethyl adjacent to an activating group) is 1. The van der Waals surface area contributed by atoms with Crippen LogP contribution in [-0.4, -0.2) is 29.8 Å². The van der Waals surface area contributed by atoms with Crippen molar-refractivity contribution in [3.05, 3.63) is 105 Å². The highest BCUT2D eigenvalue weighted by molar-refractivity contribution is 6.36. The fourth-order valence-electron chi connectivity index (χ4n) is 3.68. The van der Waals surface area contributed by atoms with Crippen molar-refractivity contribution >= 4 is 35.0 Å². The van der Waals surface area contributed by atoms with Crippen LogP contribution in [0.1, 0.15) is 22.3 Å². The number of halogens is 2. The second-order valence-electron chi connectivity index (χ2n) is 7.71. The number of nitrogens with zero attached hydrogens (tertiary/aromatic N) is 1. The molecular weight excluding hydrogens is 443 g/mol. The van der Waals surface area contributed by atoms with Crippen molar-refractivity contribution in [3.63, 3.8) is 0 Å². The van der Waals surface area contributed by atoms with E-state index in [4.69, 9.17) is 23.2 Å². The summed E-state index contributed by atoms with van der Waals surface area (Å²) in [5.41, 5.74) is 3.57. The fraction of sp³-hybridized carbons (Fsp3) is 0.231. The molecule has 0 aliphatic carbocycles. The van der Waals surface area contributed by atoms with Gasteiger partial charge in [-0.05, 0) is 35.7 Å². The normalized spacial score (nSPS) is 11.6. The van der Waals surface area contributed by atoms with Crippen LogP contribution in [-0.2, 0) is 29.0 Å². The van der Waals surface area contributed by atoms with Crippen LogP contribution in [0.3, 0.4) is 0 Å². The molecule has 3 rings (SSSR count). The lowest BCUT2D eigenvalue weighted by atomic mass is 10.0. The van der Waals surface area contributed by atoms with Gasteiger partial charge in [0.2, 0.25) is 11.8 Å². The van der Waals surface area contributed by atoms with Gasteiger partial charge in [-0.25, -0.2) is 0 Å². The molecule has 3 aromatic rings. The number of carbonyl (C=O) groups is 2. The molecule has 0 saturated carbocycles. The first-order chi connectivity index (χ1) is 15.4. The minimum atomic E-state index is -0.684. The quantitative estimate of drug-likeness (QED) is 0.491. The Balaban J connectivity index is 1.98. The molecule has 0 aromatic heterocycles. The van der Waals surface area contributed by atoms with E-state index in [9.17, 15) is 9.59 Å². The van der Waals surface area contributed by atoms with Crippen molar-refractivity contribution in [2.45, 2.75) is 32.4 Å². The first kappa shape index (κ1) is 23.8. The van der Waals surface area contributed by atoms with E-state index < -0.39 is 6.04 Å². The van der Waals surface area contributed by atoms with Gasteiger partial charge in [-0.1, -0.05) is 89.4 Å². The molecule has 2 amide bonds. The molecule has 1 atom stereocenters. The highest BCUT2D eigenvalue weighted by Gasteiger charge is 2.30. The van der Waals surface area contributed by atoms with Gasteiger partial charge < -0.3 is 10.2 Å². The Morgan fingerprint density at radius 3 is 2.16 bits per heavy atom. The molecule has 4 nitrogen and oxygen atoms in total. The third-order valence-corrected chi connectivity index (χ3v) is 6.05. The number of aryl methyl sites for hydroxylation is 1. The maximum absolute atomic E-state index is 13.6. The maximum Gasteiger partial charge on any atom is 0.242 e. The van der Waals surface area contributed by atoms with Gasteiger partial charge in [0.25, 0.3) is 0 Å². The lowest BCUT2D eigenvalue weighted by molar-refractivity contribution is -0.140. The number of hydrogen-bond acceptors (Lipinski definition) is 2. The number of benzene rings is 3. The fourth-order valence-corrected chi connectivity index (χ4v) is 4.21. The molecule has 0 unspecified atom stereocenters. The van der Waals surface area contributed by atoms with Crippen LogP contribution in [0.4, 0.5) is 0 Å². The topological polar surface area (TPSA) is 49.4 Å². The van der Waals surface area contributed by atoms with E-state index in [1.165, 1.54) is 0 Å². The Morgan fingerprint density at radius 1 is 0.906 bits per heavy atom. The van der Waals surface area contributed by atoms with Crippen molar-refractivity contribution in [3.8, 4) is 0 Å². The van der Waals surface area contributed by atoms with Crippen molar-refractivity contribution < 1.29 is 9.59 Å². The van der Waals surface area contributed by atoms with E-state index in [0.717, 1.165) is 16.7 Å². The zero-order chi connectivity index (χ0) is 23.1. The lowest BCUT2D eigenvalue weighted by Crippen LogP contribution is -2.50. The molecule has 0 spiro atoms. The molecule has 3 aromatic carbocycles. The second kappa shape index (κ2) is 11.2. The van der Waals surface area contributed by atoms with Gasteiger partial charge in [0.1, 0.15) is 6.04 Å². The number of hydrogen-bond donors (Lipinski definition) is 1. The van der Waals surface area contributed by atoms with Crippen LogP contribution in [0.25, 0.3) is 0 Å². The molecule has 0 heterocycles. The van der Waals surface area contributed by atoms with Crippen LogP contribution >= 0.6 is 23.2 Å². The Bertz CT molecular complexity index is 1070. The highest BCUT2D eigenvalue weighted by Crippen LogP contribution is 2.26. The van der Waals surface area contributed by atoms with E-state index in [-0.39, 0.29) is 18.2 Å². The number of amides is 2. The summed E-state index contributed by atoms with van der Waals surface area (Å²) < 4.78 is 0. The van der Waals surface area contributed by atoms with Gasteiger partial charge in [0.05, 0.1) is 6.42 Å². The second-order valence-corrected chi connectivity index (χ2v) is 8.52. The van der Waals surface area contributed by atoms with Gasteiger partial charge in [0, 0.05) is 30.1 Å². The summed E-state index contributed by atoms with van der Waals surface area (Å²) in [6.45, 7) is 2.30. The predicted molar refractivity (Wildman–Crippen MR) is 130 cm³/mol. The number of carbonyl (C=O) groups excluding carboxylic acids is 2. The van der Waals surface area contributed by atoms with E-state index in [0.29, 0.717) is 28.6 Å². The smallest absolute Gasteiger partial charge is 0.242 e. The van der Waals surface area contributed by atoms with Crippen LogP contribution in [0.2, 0.25) is 10.0 Å². The zero-order valence-corrected chi connectivity index (χ0v) is 19.7. The number of nitrogens with one attached hydrogen (secondary N) is 1. The average Bonchev–Trinajstić information content (AvgIpc) is 2.79. The van der Waals surface area contributed by atoms with Crippen LogP contribution < -0.4 is 5.32 Å². The molecule has 166 valence electrons. The summed E-state index contributed by atoms with van der Waals surface area (Å²) in [5, 5.41) is 3.58. The summed E-state index contributed by atoms with van der Waals surface area (Å²) in [7, 11) is 1.58. The summed E-state index contributed by atoms with van der Waals surface area (Å²) in [6.07, 6.45) is 0.404. The number of rotatable bonds is 8. The SMILES string of the molecule is CNC(=O)[C@@H](Cc1ccccc1)N(Cc1cccc(C)c1)C(=O)Cc1c(Cl)cccc1Cl. The largest absolute Gasteiger partial charge is 0.357 e. The third-order valence-electron chi connectivity index (χ3n) is 5.34. The first-order valence-electron chi connectivity index (χ1n) is 10.4. The van der Waals surface area contributed by atoms with Crippen molar-refractivity contribution in [2.75, 3.05) is 7.05 Å². The van der Waals surface area contributed by atoms with E-state index in [1.807, 2.05) is 61.5 Å². The van der Waals surface area contributed by atoms with Crippen LogP contribution in [0.5, 0.6) is 0 Å². The Hall–Kier alpha value is -2.82. The van der Waals surface area contributed by atoms with Gasteiger partial charge in [0.15, 0.2) is 0 Å². The molecule has 32 heavy (non-hydrogen) atoms. The van der Waals surface area contributed by atoms with E-state index >= 15 is 0 Å². The Morgan fingerprint density at radius 2 is 1.53 bits per heavy atom. The molecule has 0 aliphatic rings. The highest BCUT2D eigenvalue weighted by atomic mass is 35.5. The molecule has 0 bridgehead atoms. The van der Waals surface area contributed by atoms with Gasteiger partial charge in [-0.2, -0.15) is 0 Å². The van der Waals surface area contributed by atoms with Crippen molar-refractivity contribution in [1.29, 1.82) is 0 Å². The molecule has 0 saturated heterocycles. The minimum Gasteiger partial charge on any atom is -0.357 e. The summed E-state index contributed by atoms with van der Waals surface area (Å²) in [6, 6.07) is 22.1. The summed E-state index contributed by atoms with van der Waals surface area (Å²) in [4.78, 5) is 28.2. The third kappa shape index (κ3) is 6.12. The van der Waals surface area contributed by atoms with Crippen molar-refractivity contribution in [1.82, 2.24) is 10.2 Å². The average molecular weight is 469 g/mol. The molecule has 0 fully saturated rings. The molecule has 1 N–H and O–H groups in total. The maximum atomic E-state index is 13.6. The first-order valence-corrected chi connectivity index (χ1v) is 11.2. The summed E-state index contributed by atoms with van der Waals surface area (Å²) in [5.74, 6) is -0.439. The van der Waals surface area contributed by atoms with Crippen molar-refractivity contribution in [2.24, 2.45) is 0 Å². The molecule has 6 heteroatoms. The lowest BCUT2D eigenvalue weighted by Gasteiger charge is -2.31. The predicted octanol–water partition coefficient (Wildman–Crippen LogP) is 5.23. The standard InChI is InChI=1S/C26H26Cl2N2O2/c1-18-8-6-11-20(14-18)17-30(25(31)16-21-22(27)12-7-13-23(21)28)24(26(32)29-2)15-19-9-4-3-5-10-19/h3-14,24H,15-17H2,1-2H3,(H,29,32)/t24-/m1/s1. The van der Waals surface area contributed by atoms with Crippen LogP contribution in [0.15, 0.2) is 72.8 Å². The van der Waals surface area contributed by atoms with E-state index in [2.05, 4.69) is 5.32 Å². The minimum absolute atomic E-state index is 0.00655. The van der Waals surface area contributed by atoms with E-state index in [1.54, 1.807) is 30.1 Å². The van der Waals surface area contributed by atoms with Gasteiger partial charge in [-0.15, -0.1) is 0 Å². The monoisotopic (exact) mass is 468 g/mol. The van der Waals surface area contributed by atoms with Crippen LogP contribution in [0, 0.1) is 6.92 Å². The summed E-state index contributed by atoms with van der Waals surface area (Å²) >= 11 is 12.6. The molecular formula is C26H26Cl2N2O2. The van der Waals surface area contributed by atoms with Gasteiger partial charge >= 0.3 is 0 Å². The molecule has 0 aliphatic heterocycles. The Labute approximate surface area is 199 Å². The molecule has 0 radical (unpaired) electrons.